The van der Waals surface area contributed by atoms with Crippen LogP contribution in [0.5, 0.6) is 0 Å². The fourth-order valence-corrected chi connectivity index (χ4v) is 2.67. The van der Waals surface area contributed by atoms with Crippen LogP contribution in [0, 0.1) is 0 Å². The topological polar surface area (TPSA) is 37.3 Å². The Labute approximate surface area is 152 Å². The molecule has 144 valence electrons. The van der Waals surface area contributed by atoms with Gasteiger partial charge < -0.3 is 5.11 Å². The van der Waals surface area contributed by atoms with Crippen LogP contribution >= 0.6 is 0 Å². The van der Waals surface area contributed by atoms with Gasteiger partial charge >= 0.3 is 0 Å². The Hall–Kier alpha value is -0.790. The summed E-state index contributed by atoms with van der Waals surface area (Å²) >= 11 is 0. The molecule has 0 saturated carbocycles. The summed E-state index contributed by atoms with van der Waals surface area (Å²) in [6.07, 6.45) is 27.4. The largest absolute Gasteiger partial charge is 0.481 e. The van der Waals surface area contributed by atoms with Crippen molar-refractivity contribution in [2.45, 2.75) is 124 Å². The van der Waals surface area contributed by atoms with Crippen LogP contribution in [-0.4, -0.2) is 11.1 Å². The quantitative estimate of drug-likeness (QED) is 0.229. The van der Waals surface area contributed by atoms with Gasteiger partial charge in [-0.3, -0.25) is 4.79 Å². The number of carboxylic acids is 1. The van der Waals surface area contributed by atoms with Crippen LogP contribution in [0.25, 0.3) is 0 Å². The second-order valence-corrected chi connectivity index (χ2v) is 6.81. The average molecular weight is 341 g/mol. The van der Waals surface area contributed by atoms with Gasteiger partial charge in [0.2, 0.25) is 0 Å². The van der Waals surface area contributed by atoms with Gasteiger partial charge in [0.05, 0.1) is 0 Å². The van der Waals surface area contributed by atoms with Crippen LogP contribution in [0.2, 0.25) is 0 Å². The Kier molecular flexibility index (Phi) is 25.9. The van der Waals surface area contributed by atoms with E-state index in [4.69, 9.17) is 9.90 Å². The minimum absolute atomic E-state index is 0.833. The summed E-state index contributed by atoms with van der Waals surface area (Å²) in [5, 5.41) is 7.42. The van der Waals surface area contributed by atoms with E-state index >= 15 is 0 Å². The molecule has 0 rings (SSSR count). The highest BCUT2D eigenvalue weighted by Gasteiger charge is 1.92. The first-order chi connectivity index (χ1) is 11.6. The van der Waals surface area contributed by atoms with Gasteiger partial charge in [-0.1, -0.05) is 103 Å². The molecule has 0 aromatic carbocycles. The number of rotatable bonds is 16. The van der Waals surface area contributed by atoms with Crippen LogP contribution in [0.3, 0.4) is 0 Å². The van der Waals surface area contributed by atoms with Crippen LogP contribution in [-0.2, 0) is 4.79 Å². The van der Waals surface area contributed by atoms with Crippen molar-refractivity contribution in [1.82, 2.24) is 0 Å². The highest BCUT2D eigenvalue weighted by molar-refractivity contribution is 5.62. The van der Waals surface area contributed by atoms with Gasteiger partial charge in [0.1, 0.15) is 0 Å². The standard InChI is InChI=1S/C20H40.C2H4O2/c1-3-5-7-9-11-13-15-17-19-20-18-16-14-12-10-8-6-4-2;1-2(3)4/h13,15H,3-12,14,16-20H2,1-2H3;1H3,(H,3,4)/b15-13-;. The van der Waals surface area contributed by atoms with Gasteiger partial charge in [-0.05, 0) is 25.7 Å². The van der Waals surface area contributed by atoms with Gasteiger partial charge in [0.15, 0.2) is 0 Å². The minimum atomic E-state index is -0.833. The van der Waals surface area contributed by atoms with Gasteiger partial charge in [-0.2, -0.15) is 0 Å². The normalized spacial score (nSPS) is 10.6. The SMILES string of the molecule is CC(=O)O.CCCCCC/C=C\CCCCCCCCCCCC. The minimum Gasteiger partial charge on any atom is -0.481 e. The number of unbranched alkanes of at least 4 members (excludes halogenated alkanes) is 14. The van der Waals surface area contributed by atoms with E-state index in [1.165, 1.54) is 103 Å². The van der Waals surface area contributed by atoms with Gasteiger partial charge in [-0.15, -0.1) is 0 Å². The number of carbonyl (C=O) groups is 1. The van der Waals surface area contributed by atoms with Gasteiger partial charge in [0, 0.05) is 6.92 Å². The zero-order chi connectivity index (χ0) is 18.3. The van der Waals surface area contributed by atoms with Crippen molar-refractivity contribution in [3.63, 3.8) is 0 Å². The second-order valence-electron chi connectivity index (χ2n) is 6.81. The highest BCUT2D eigenvalue weighted by atomic mass is 16.4. The molecule has 0 atom stereocenters. The molecule has 0 aliphatic carbocycles. The van der Waals surface area contributed by atoms with Crippen molar-refractivity contribution < 1.29 is 9.90 Å². The molecule has 0 aliphatic rings. The third kappa shape index (κ3) is 33.0. The molecule has 2 heteroatoms. The molecule has 0 fully saturated rings. The Balaban J connectivity index is 0. The summed E-state index contributed by atoms with van der Waals surface area (Å²) in [6.45, 7) is 5.65. The molecular weight excluding hydrogens is 296 g/mol. The molecule has 0 aliphatic heterocycles. The second kappa shape index (κ2) is 24.5. The van der Waals surface area contributed by atoms with Crippen LogP contribution in [0.1, 0.15) is 124 Å². The molecule has 2 nitrogen and oxygen atoms in total. The summed E-state index contributed by atoms with van der Waals surface area (Å²) in [7, 11) is 0. The molecule has 0 saturated heterocycles. The van der Waals surface area contributed by atoms with Crippen molar-refractivity contribution in [2.75, 3.05) is 0 Å². The summed E-state index contributed by atoms with van der Waals surface area (Å²) in [5.41, 5.74) is 0. The van der Waals surface area contributed by atoms with E-state index in [0.29, 0.717) is 0 Å². The van der Waals surface area contributed by atoms with Crippen molar-refractivity contribution >= 4 is 5.97 Å². The van der Waals surface area contributed by atoms with Crippen LogP contribution in [0.4, 0.5) is 0 Å². The lowest BCUT2D eigenvalue weighted by Crippen LogP contribution is -1.81. The third-order valence-electron chi connectivity index (χ3n) is 4.12. The van der Waals surface area contributed by atoms with E-state index in [1.807, 2.05) is 0 Å². The Morgan fingerprint density at radius 2 is 0.875 bits per heavy atom. The predicted octanol–water partition coefficient (Wildman–Crippen LogP) is 7.91. The maximum atomic E-state index is 9.00. The molecule has 0 amide bonds. The Morgan fingerprint density at radius 1 is 0.625 bits per heavy atom. The molecule has 0 aromatic rings. The molecule has 24 heavy (non-hydrogen) atoms. The molecule has 0 bridgehead atoms. The lowest BCUT2D eigenvalue weighted by molar-refractivity contribution is -0.134. The smallest absolute Gasteiger partial charge is 0.300 e. The number of hydrogen-bond donors (Lipinski definition) is 1. The fraction of sp³-hybridized carbons (Fsp3) is 0.864. The summed E-state index contributed by atoms with van der Waals surface area (Å²) in [6, 6.07) is 0. The van der Waals surface area contributed by atoms with Gasteiger partial charge in [-0.25, -0.2) is 0 Å². The maximum Gasteiger partial charge on any atom is 0.300 e. The first kappa shape index (κ1) is 25.5. The number of hydrogen-bond acceptors (Lipinski definition) is 1. The fourth-order valence-electron chi connectivity index (χ4n) is 2.67. The van der Waals surface area contributed by atoms with E-state index < -0.39 is 5.97 Å². The Bertz CT molecular complexity index is 255. The van der Waals surface area contributed by atoms with Gasteiger partial charge in [0.25, 0.3) is 5.97 Å². The Morgan fingerprint density at radius 3 is 1.21 bits per heavy atom. The average Bonchev–Trinajstić information content (AvgIpc) is 2.54. The lowest BCUT2D eigenvalue weighted by atomic mass is 10.1. The van der Waals surface area contributed by atoms with Crippen LogP contribution in [0.15, 0.2) is 12.2 Å². The molecule has 0 spiro atoms. The zero-order valence-electron chi connectivity index (χ0n) is 16.8. The maximum absolute atomic E-state index is 9.00. The van der Waals surface area contributed by atoms with E-state index in [2.05, 4.69) is 26.0 Å². The predicted molar refractivity (Wildman–Crippen MR) is 108 cm³/mol. The number of carboxylic acid groups (broad SMARTS) is 1. The molecule has 0 heterocycles. The summed E-state index contributed by atoms with van der Waals surface area (Å²) in [4.78, 5) is 9.00. The number of allylic oxidation sites excluding steroid dienone is 2. The van der Waals surface area contributed by atoms with Crippen molar-refractivity contribution in [3.05, 3.63) is 12.2 Å². The number of aliphatic carboxylic acids is 1. The summed E-state index contributed by atoms with van der Waals surface area (Å²) in [5.74, 6) is -0.833. The molecule has 0 aromatic heterocycles. The molecule has 0 unspecified atom stereocenters. The molecule has 1 N–H and O–H groups in total. The molecular formula is C22H44O2. The zero-order valence-corrected chi connectivity index (χ0v) is 16.8. The first-order valence-corrected chi connectivity index (χ1v) is 10.5. The lowest BCUT2D eigenvalue weighted by Gasteiger charge is -2.01. The van der Waals surface area contributed by atoms with E-state index in [0.717, 1.165) is 6.92 Å². The summed E-state index contributed by atoms with van der Waals surface area (Å²) < 4.78 is 0. The van der Waals surface area contributed by atoms with E-state index in [1.54, 1.807) is 0 Å². The molecule has 0 radical (unpaired) electrons. The first-order valence-electron chi connectivity index (χ1n) is 10.5. The third-order valence-corrected chi connectivity index (χ3v) is 4.12. The van der Waals surface area contributed by atoms with Crippen molar-refractivity contribution in [3.8, 4) is 0 Å². The highest BCUT2D eigenvalue weighted by Crippen LogP contribution is 2.11. The van der Waals surface area contributed by atoms with Crippen molar-refractivity contribution in [1.29, 1.82) is 0 Å². The van der Waals surface area contributed by atoms with E-state index in [-0.39, 0.29) is 0 Å². The van der Waals surface area contributed by atoms with Crippen molar-refractivity contribution in [2.24, 2.45) is 0 Å². The van der Waals surface area contributed by atoms with E-state index in [9.17, 15) is 0 Å². The monoisotopic (exact) mass is 340 g/mol. The van der Waals surface area contributed by atoms with Crippen LogP contribution < -0.4 is 0 Å².